The lowest BCUT2D eigenvalue weighted by atomic mass is 10.0. The second-order valence-corrected chi connectivity index (χ2v) is 4.72. The largest absolute Gasteiger partial charge is 0.496 e. The molecule has 0 aromatic heterocycles. The highest BCUT2D eigenvalue weighted by molar-refractivity contribution is 5.56. The predicted molar refractivity (Wildman–Crippen MR) is 73.3 cm³/mol. The quantitative estimate of drug-likeness (QED) is 0.633. The molecular formula is C13H18N2O5. The first-order valence-corrected chi connectivity index (χ1v) is 6.29. The Balaban J connectivity index is 2.12. The molecule has 7 nitrogen and oxygen atoms in total. The van der Waals surface area contributed by atoms with E-state index in [-0.39, 0.29) is 11.3 Å². The van der Waals surface area contributed by atoms with Gasteiger partial charge in [0.1, 0.15) is 11.4 Å². The summed E-state index contributed by atoms with van der Waals surface area (Å²) in [6, 6.07) is 4.57. The number of ether oxygens (including phenoxy) is 3. The van der Waals surface area contributed by atoms with E-state index in [4.69, 9.17) is 14.2 Å². The van der Waals surface area contributed by atoms with Crippen LogP contribution in [0.2, 0.25) is 0 Å². The van der Waals surface area contributed by atoms with Gasteiger partial charge in [0.25, 0.3) is 5.69 Å². The highest BCUT2D eigenvalue weighted by Gasteiger charge is 2.34. The molecule has 1 aliphatic heterocycles. The van der Waals surface area contributed by atoms with Crippen LogP contribution in [-0.4, -0.2) is 44.5 Å². The number of nitro groups is 1. The number of non-ortho nitro benzene ring substituents is 1. The predicted octanol–water partition coefficient (Wildman–Crippen LogP) is 1.82. The van der Waals surface area contributed by atoms with Gasteiger partial charge in [-0.05, 0) is 0 Å². The van der Waals surface area contributed by atoms with Crippen molar-refractivity contribution in [3.05, 3.63) is 28.3 Å². The van der Waals surface area contributed by atoms with Gasteiger partial charge >= 0.3 is 0 Å². The fraction of sp³-hybridized carbons (Fsp3) is 0.538. The van der Waals surface area contributed by atoms with Gasteiger partial charge in [-0.1, -0.05) is 0 Å². The van der Waals surface area contributed by atoms with Crippen molar-refractivity contribution in [1.82, 2.24) is 0 Å². The van der Waals surface area contributed by atoms with Crippen LogP contribution in [0.1, 0.15) is 6.42 Å². The van der Waals surface area contributed by atoms with E-state index in [1.165, 1.54) is 19.2 Å². The van der Waals surface area contributed by atoms with Crippen LogP contribution in [0.5, 0.6) is 5.75 Å². The molecule has 1 saturated heterocycles. The van der Waals surface area contributed by atoms with Gasteiger partial charge in [-0.2, -0.15) is 0 Å². The number of benzene rings is 1. The lowest BCUT2D eigenvalue weighted by molar-refractivity contribution is -0.384. The Morgan fingerprint density at radius 1 is 1.45 bits per heavy atom. The lowest BCUT2D eigenvalue weighted by Gasteiger charge is -2.26. The SMILES string of the molecule is COc1cc(NCC2(OC)CCOC2)cc([N+](=O)[O-])c1. The highest BCUT2D eigenvalue weighted by Crippen LogP contribution is 2.28. The van der Waals surface area contributed by atoms with Gasteiger partial charge in [0.15, 0.2) is 0 Å². The van der Waals surface area contributed by atoms with E-state index in [0.29, 0.717) is 31.2 Å². The maximum atomic E-state index is 10.9. The van der Waals surface area contributed by atoms with Gasteiger partial charge < -0.3 is 19.5 Å². The Hall–Kier alpha value is -1.86. The van der Waals surface area contributed by atoms with Crippen molar-refractivity contribution >= 4 is 11.4 Å². The number of methoxy groups -OCH3 is 2. The average molecular weight is 282 g/mol. The molecule has 0 spiro atoms. The van der Waals surface area contributed by atoms with Gasteiger partial charge in [-0.15, -0.1) is 0 Å². The summed E-state index contributed by atoms with van der Waals surface area (Å²) >= 11 is 0. The van der Waals surface area contributed by atoms with E-state index in [1.807, 2.05) is 0 Å². The third-order valence-corrected chi connectivity index (χ3v) is 3.45. The second-order valence-electron chi connectivity index (χ2n) is 4.72. The molecule has 1 aromatic rings. The number of rotatable bonds is 6. The summed E-state index contributed by atoms with van der Waals surface area (Å²) in [6.07, 6.45) is 0.794. The minimum atomic E-state index is -0.446. The van der Waals surface area contributed by atoms with E-state index in [0.717, 1.165) is 6.42 Å². The molecule has 0 bridgehead atoms. The molecule has 0 saturated carbocycles. The van der Waals surface area contributed by atoms with Crippen LogP contribution in [0, 0.1) is 10.1 Å². The molecule has 20 heavy (non-hydrogen) atoms. The van der Waals surface area contributed by atoms with E-state index in [2.05, 4.69) is 5.32 Å². The molecule has 1 N–H and O–H groups in total. The number of nitrogens with zero attached hydrogens (tertiary/aromatic N) is 1. The molecule has 0 amide bonds. The molecular weight excluding hydrogens is 264 g/mol. The van der Waals surface area contributed by atoms with E-state index >= 15 is 0 Å². The zero-order valence-electron chi connectivity index (χ0n) is 11.5. The summed E-state index contributed by atoms with van der Waals surface area (Å²) in [5.41, 5.74) is 0.234. The van der Waals surface area contributed by atoms with Crippen LogP contribution in [-0.2, 0) is 9.47 Å². The highest BCUT2D eigenvalue weighted by atomic mass is 16.6. The lowest BCUT2D eigenvalue weighted by Crippen LogP contribution is -2.39. The Labute approximate surface area is 117 Å². The monoisotopic (exact) mass is 282 g/mol. The van der Waals surface area contributed by atoms with Crippen molar-refractivity contribution in [2.45, 2.75) is 12.0 Å². The third kappa shape index (κ3) is 3.17. The number of nitro benzene ring substituents is 1. The molecule has 1 atom stereocenters. The summed E-state index contributed by atoms with van der Waals surface area (Å²) in [7, 11) is 3.12. The van der Waals surface area contributed by atoms with Crippen molar-refractivity contribution in [3.63, 3.8) is 0 Å². The fourth-order valence-corrected chi connectivity index (χ4v) is 2.13. The van der Waals surface area contributed by atoms with Crippen molar-refractivity contribution < 1.29 is 19.1 Å². The average Bonchev–Trinajstić information content (AvgIpc) is 2.94. The zero-order chi connectivity index (χ0) is 14.6. The zero-order valence-corrected chi connectivity index (χ0v) is 11.5. The molecule has 1 fully saturated rings. The summed E-state index contributed by atoms with van der Waals surface area (Å²) in [6.45, 7) is 1.70. The van der Waals surface area contributed by atoms with Crippen LogP contribution in [0.3, 0.4) is 0 Å². The maximum Gasteiger partial charge on any atom is 0.275 e. The van der Waals surface area contributed by atoms with E-state index in [9.17, 15) is 10.1 Å². The van der Waals surface area contributed by atoms with Gasteiger partial charge in [0.05, 0.1) is 24.7 Å². The first-order chi connectivity index (χ1) is 9.58. The molecule has 7 heteroatoms. The van der Waals surface area contributed by atoms with Crippen molar-refractivity contribution in [1.29, 1.82) is 0 Å². The Bertz CT molecular complexity index is 486. The van der Waals surface area contributed by atoms with Gasteiger partial charge in [0, 0.05) is 44.5 Å². The number of anilines is 1. The fourth-order valence-electron chi connectivity index (χ4n) is 2.13. The van der Waals surface area contributed by atoms with Gasteiger partial charge in [0.2, 0.25) is 0 Å². The second kappa shape index (κ2) is 6.06. The molecule has 1 aromatic carbocycles. The minimum absolute atomic E-state index is 0.0130. The third-order valence-electron chi connectivity index (χ3n) is 3.45. The summed E-state index contributed by atoms with van der Waals surface area (Å²) < 4.78 is 15.9. The molecule has 1 aliphatic rings. The molecule has 1 unspecified atom stereocenters. The number of hydrogen-bond acceptors (Lipinski definition) is 6. The number of nitrogens with one attached hydrogen (secondary N) is 1. The summed E-state index contributed by atoms with van der Waals surface area (Å²) in [4.78, 5) is 10.4. The van der Waals surface area contributed by atoms with Crippen LogP contribution in [0.4, 0.5) is 11.4 Å². The van der Waals surface area contributed by atoms with E-state index in [1.54, 1.807) is 13.2 Å². The standard InChI is InChI=1S/C13H18N2O5/c1-18-12-6-10(5-11(7-12)15(16)17)14-8-13(19-2)3-4-20-9-13/h5-7,14H,3-4,8-9H2,1-2H3. The van der Waals surface area contributed by atoms with Crippen LogP contribution >= 0.6 is 0 Å². The Kier molecular flexibility index (Phi) is 4.41. The minimum Gasteiger partial charge on any atom is -0.496 e. The maximum absolute atomic E-state index is 10.9. The Morgan fingerprint density at radius 2 is 2.25 bits per heavy atom. The van der Waals surface area contributed by atoms with Crippen molar-refractivity contribution in [2.24, 2.45) is 0 Å². The Morgan fingerprint density at radius 3 is 2.80 bits per heavy atom. The van der Waals surface area contributed by atoms with Gasteiger partial charge in [-0.3, -0.25) is 10.1 Å². The molecule has 110 valence electrons. The first kappa shape index (κ1) is 14.5. The molecule has 0 aliphatic carbocycles. The van der Waals surface area contributed by atoms with Crippen LogP contribution < -0.4 is 10.1 Å². The van der Waals surface area contributed by atoms with E-state index < -0.39 is 4.92 Å². The van der Waals surface area contributed by atoms with Crippen molar-refractivity contribution in [2.75, 3.05) is 39.3 Å². The van der Waals surface area contributed by atoms with Gasteiger partial charge in [-0.25, -0.2) is 0 Å². The topological polar surface area (TPSA) is 82.9 Å². The van der Waals surface area contributed by atoms with Crippen molar-refractivity contribution in [3.8, 4) is 5.75 Å². The number of hydrogen-bond donors (Lipinski definition) is 1. The first-order valence-electron chi connectivity index (χ1n) is 6.29. The summed E-state index contributed by atoms with van der Waals surface area (Å²) in [5, 5.41) is 14.0. The normalized spacial score (nSPS) is 21.7. The molecule has 2 rings (SSSR count). The van der Waals surface area contributed by atoms with Crippen LogP contribution in [0.15, 0.2) is 18.2 Å². The summed E-state index contributed by atoms with van der Waals surface area (Å²) in [5.74, 6) is 0.441. The molecule has 1 heterocycles. The molecule has 0 radical (unpaired) electrons. The smallest absolute Gasteiger partial charge is 0.275 e. The van der Waals surface area contributed by atoms with Crippen LogP contribution in [0.25, 0.3) is 0 Å².